The number of amides is 1. The lowest BCUT2D eigenvalue weighted by Crippen LogP contribution is -2.50. The number of rotatable bonds is 3. The number of ether oxygens (including phenoxy) is 1. The third-order valence-electron chi connectivity index (χ3n) is 3.72. The van der Waals surface area contributed by atoms with Crippen LogP contribution in [0.15, 0.2) is 18.2 Å². The SMILES string of the molecule is COC(=O)CN1CCN(C(=O)c2ccc(N)cc2C)CC1. The summed E-state index contributed by atoms with van der Waals surface area (Å²) in [6.07, 6.45) is 0. The third kappa shape index (κ3) is 3.72. The molecule has 6 heteroatoms. The van der Waals surface area contributed by atoms with Gasteiger partial charge in [-0.2, -0.15) is 0 Å². The number of carbonyl (C=O) groups is 2. The number of benzene rings is 1. The topological polar surface area (TPSA) is 75.9 Å². The normalized spacial score (nSPS) is 15.8. The number of esters is 1. The highest BCUT2D eigenvalue weighted by Gasteiger charge is 2.24. The van der Waals surface area contributed by atoms with Crippen molar-refractivity contribution in [3.8, 4) is 0 Å². The highest BCUT2D eigenvalue weighted by Crippen LogP contribution is 2.16. The largest absolute Gasteiger partial charge is 0.468 e. The highest BCUT2D eigenvalue weighted by atomic mass is 16.5. The molecule has 6 nitrogen and oxygen atoms in total. The molecule has 0 radical (unpaired) electrons. The zero-order chi connectivity index (χ0) is 15.4. The van der Waals surface area contributed by atoms with Crippen molar-refractivity contribution >= 4 is 17.6 Å². The quantitative estimate of drug-likeness (QED) is 0.648. The summed E-state index contributed by atoms with van der Waals surface area (Å²) in [7, 11) is 1.38. The number of piperazine rings is 1. The van der Waals surface area contributed by atoms with E-state index in [9.17, 15) is 9.59 Å². The van der Waals surface area contributed by atoms with Gasteiger partial charge in [-0.25, -0.2) is 0 Å². The molecule has 0 spiro atoms. The first-order valence-electron chi connectivity index (χ1n) is 6.96. The lowest BCUT2D eigenvalue weighted by molar-refractivity contribution is -0.142. The van der Waals surface area contributed by atoms with Crippen molar-refractivity contribution in [3.63, 3.8) is 0 Å². The Kier molecular flexibility index (Phi) is 4.80. The number of carbonyl (C=O) groups excluding carboxylic acids is 2. The van der Waals surface area contributed by atoms with E-state index in [0.717, 1.165) is 5.56 Å². The summed E-state index contributed by atoms with van der Waals surface area (Å²) >= 11 is 0. The fourth-order valence-corrected chi connectivity index (χ4v) is 2.45. The Balaban J connectivity index is 1.95. The lowest BCUT2D eigenvalue weighted by Gasteiger charge is -2.34. The van der Waals surface area contributed by atoms with Gasteiger partial charge < -0.3 is 15.4 Å². The average molecular weight is 291 g/mol. The van der Waals surface area contributed by atoms with Crippen LogP contribution < -0.4 is 5.73 Å². The second-order valence-corrected chi connectivity index (χ2v) is 5.22. The predicted molar refractivity (Wildman–Crippen MR) is 80.0 cm³/mol. The molecule has 0 aliphatic carbocycles. The Hall–Kier alpha value is -2.08. The van der Waals surface area contributed by atoms with Gasteiger partial charge in [0.05, 0.1) is 13.7 Å². The van der Waals surface area contributed by atoms with Crippen LogP contribution in [0.5, 0.6) is 0 Å². The van der Waals surface area contributed by atoms with E-state index in [-0.39, 0.29) is 18.4 Å². The van der Waals surface area contributed by atoms with Crippen molar-refractivity contribution in [2.45, 2.75) is 6.92 Å². The summed E-state index contributed by atoms with van der Waals surface area (Å²) in [6.45, 7) is 4.74. The summed E-state index contributed by atoms with van der Waals surface area (Å²) in [5.74, 6) is -0.227. The zero-order valence-corrected chi connectivity index (χ0v) is 12.5. The minimum atomic E-state index is -0.246. The standard InChI is InChI=1S/C15H21N3O3/c1-11-9-12(16)3-4-13(11)15(20)18-7-5-17(6-8-18)10-14(19)21-2/h3-4,9H,5-8,10,16H2,1-2H3. The van der Waals surface area contributed by atoms with E-state index in [4.69, 9.17) is 5.73 Å². The summed E-state index contributed by atoms with van der Waals surface area (Å²) in [5.41, 5.74) is 7.94. The van der Waals surface area contributed by atoms with E-state index in [0.29, 0.717) is 37.4 Å². The molecule has 1 heterocycles. The molecule has 1 fully saturated rings. The Morgan fingerprint density at radius 3 is 2.48 bits per heavy atom. The molecule has 1 aromatic rings. The fraction of sp³-hybridized carbons (Fsp3) is 0.467. The number of nitrogen functional groups attached to an aromatic ring is 1. The Morgan fingerprint density at radius 1 is 1.24 bits per heavy atom. The van der Waals surface area contributed by atoms with Gasteiger partial charge in [0.1, 0.15) is 0 Å². The van der Waals surface area contributed by atoms with Gasteiger partial charge in [-0.1, -0.05) is 0 Å². The average Bonchev–Trinajstić information content (AvgIpc) is 2.47. The van der Waals surface area contributed by atoms with Crippen LogP contribution in [-0.4, -0.2) is 61.5 Å². The van der Waals surface area contributed by atoms with Crippen LogP contribution in [0, 0.1) is 6.92 Å². The molecule has 0 saturated carbocycles. The van der Waals surface area contributed by atoms with Crippen molar-refractivity contribution < 1.29 is 14.3 Å². The number of anilines is 1. The van der Waals surface area contributed by atoms with Crippen LogP contribution in [0.4, 0.5) is 5.69 Å². The van der Waals surface area contributed by atoms with Crippen molar-refractivity contribution in [3.05, 3.63) is 29.3 Å². The van der Waals surface area contributed by atoms with Crippen LogP contribution in [0.1, 0.15) is 15.9 Å². The first-order chi connectivity index (χ1) is 10.0. The minimum absolute atomic E-state index is 0.0187. The molecule has 1 aliphatic rings. The van der Waals surface area contributed by atoms with E-state index in [1.165, 1.54) is 7.11 Å². The van der Waals surface area contributed by atoms with E-state index in [1.807, 2.05) is 16.7 Å². The van der Waals surface area contributed by atoms with E-state index in [1.54, 1.807) is 18.2 Å². The highest BCUT2D eigenvalue weighted by molar-refractivity contribution is 5.96. The molecule has 21 heavy (non-hydrogen) atoms. The second kappa shape index (κ2) is 6.58. The predicted octanol–water partition coefficient (Wildman–Crippen LogP) is 0.508. The molecule has 1 saturated heterocycles. The number of nitrogens with zero attached hydrogens (tertiary/aromatic N) is 2. The van der Waals surface area contributed by atoms with E-state index in [2.05, 4.69) is 4.74 Å². The van der Waals surface area contributed by atoms with Crippen molar-refractivity contribution in [2.75, 3.05) is 45.6 Å². The van der Waals surface area contributed by atoms with Crippen LogP contribution in [0.3, 0.4) is 0 Å². The zero-order valence-electron chi connectivity index (χ0n) is 12.5. The number of hydrogen-bond acceptors (Lipinski definition) is 5. The number of methoxy groups -OCH3 is 1. The van der Waals surface area contributed by atoms with E-state index >= 15 is 0 Å². The Morgan fingerprint density at radius 2 is 1.90 bits per heavy atom. The number of hydrogen-bond donors (Lipinski definition) is 1. The molecule has 2 rings (SSSR count). The molecule has 2 N–H and O–H groups in total. The maximum Gasteiger partial charge on any atom is 0.319 e. The molecule has 114 valence electrons. The van der Waals surface area contributed by atoms with Gasteiger partial charge in [-0.3, -0.25) is 14.5 Å². The van der Waals surface area contributed by atoms with Gasteiger partial charge in [-0.05, 0) is 30.7 Å². The van der Waals surface area contributed by atoms with Gasteiger partial charge in [-0.15, -0.1) is 0 Å². The number of nitrogens with two attached hydrogens (primary N) is 1. The first-order valence-corrected chi connectivity index (χ1v) is 6.96. The summed E-state index contributed by atoms with van der Waals surface area (Å²) in [6, 6.07) is 5.32. The maximum absolute atomic E-state index is 12.5. The third-order valence-corrected chi connectivity index (χ3v) is 3.72. The van der Waals surface area contributed by atoms with Crippen molar-refractivity contribution in [2.24, 2.45) is 0 Å². The Labute approximate surface area is 124 Å². The lowest BCUT2D eigenvalue weighted by atomic mass is 10.1. The molecular weight excluding hydrogens is 270 g/mol. The van der Waals surface area contributed by atoms with Gasteiger partial charge in [0.15, 0.2) is 0 Å². The first kappa shape index (κ1) is 15.3. The van der Waals surface area contributed by atoms with Crippen LogP contribution >= 0.6 is 0 Å². The van der Waals surface area contributed by atoms with Crippen molar-refractivity contribution in [1.29, 1.82) is 0 Å². The summed E-state index contributed by atoms with van der Waals surface area (Å²) in [4.78, 5) is 27.5. The fourth-order valence-electron chi connectivity index (χ4n) is 2.45. The molecule has 0 aromatic heterocycles. The Bertz CT molecular complexity index is 537. The number of aryl methyl sites for hydroxylation is 1. The molecule has 1 amide bonds. The molecule has 0 atom stereocenters. The van der Waals surface area contributed by atoms with Crippen molar-refractivity contribution in [1.82, 2.24) is 9.80 Å². The van der Waals surface area contributed by atoms with Gasteiger partial charge in [0.2, 0.25) is 0 Å². The smallest absolute Gasteiger partial charge is 0.319 e. The van der Waals surface area contributed by atoms with Gasteiger partial charge in [0, 0.05) is 37.4 Å². The monoisotopic (exact) mass is 291 g/mol. The van der Waals surface area contributed by atoms with Gasteiger partial charge >= 0.3 is 5.97 Å². The summed E-state index contributed by atoms with van der Waals surface area (Å²) in [5, 5.41) is 0. The molecule has 0 bridgehead atoms. The molecular formula is C15H21N3O3. The van der Waals surface area contributed by atoms with E-state index < -0.39 is 0 Å². The van der Waals surface area contributed by atoms with Crippen LogP contribution in [0.2, 0.25) is 0 Å². The molecule has 1 aromatic carbocycles. The molecule has 0 unspecified atom stereocenters. The minimum Gasteiger partial charge on any atom is -0.468 e. The summed E-state index contributed by atoms with van der Waals surface area (Å²) < 4.78 is 4.65. The molecule has 1 aliphatic heterocycles. The second-order valence-electron chi connectivity index (χ2n) is 5.22. The van der Waals surface area contributed by atoms with Crippen LogP contribution in [0.25, 0.3) is 0 Å². The van der Waals surface area contributed by atoms with Crippen LogP contribution in [-0.2, 0) is 9.53 Å². The van der Waals surface area contributed by atoms with Gasteiger partial charge in [0.25, 0.3) is 5.91 Å². The maximum atomic E-state index is 12.5.